The van der Waals surface area contributed by atoms with Gasteiger partial charge in [0, 0.05) is 9.52 Å². The van der Waals surface area contributed by atoms with Crippen LogP contribution < -0.4 is 0 Å². The first-order valence-electron chi connectivity index (χ1n) is 15.2. The molecular weight excluding hydrogens is 671 g/mol. The third kappa shape index (κ3) is 9.04. The molecule has 1 aliphatic carbocycles. The number of benzene rings is 4. The van der Waals surface area contributed by atoms with E-state index < -0.39 is 20.8 Å². The first kappa shape index (κ1) is 34.4. The molecule has 0 heterocycles. The number of allylic oxidation sites excluding steroid dienone is 2. The second-order valence-electron chi connectivity index (χ2n) is 11.2. The molecule has 0 bridgehead atoms. The Bertz CT molecular complexity index is 1750. The van der Waals surface area contributed by atoms with Crippen molar-refractivity contribution in [2.45, 2.75) is 52.1 Å². The van der Waals surface area contributed by atoms with E-state index in [1.165, 1.54) is 79.8 Å². The first-order chi connectivity index (χ1) is 21.5. The van der Waals surface area contributed by atoms with Crippen molar-refractivity contribution in [1.29, 1.82) is 0 Å². The van der Waals surface area contributed by atoms with Crippen molar-refractivity contribution in [3.63, 3.8) is 0 Å². The van der Waals surface area contributed by atoms with Crippen LogP contribution in [0.15, 0.2) is 127 Å². The monoisotopic (exact) mass is 708 g/mol. The van der Waals surface area contributed by atoms with Crippen LogP contribution in [-0.2, 0) is 20.8 Å². The number of hydrogen-bond donors (Lipinski definition) is 0. The van der Waals surface area contributed by atoms with Crippen LogP contribution in [0.1, 0.15) is 41.9 Å². The molecule has 6 aromatic carbocycles. The van der Waals surface area contributed by atoms with Crippen LogP contribution in [0.25, 0.3) is 43.8 Å². The van der Waals surface area contributed by atoms with Gasteiger partial charge in [0.2, 0.25) is 0 Å². The predicted molar refractivity (Wildman–Crippen MR) is 194 cm³/mol. The molecule has 44 heavy (non-hydrogen) atoms. The molecule has 6 aromatic rings. The molecule has 0 aromatic heterocycles. The Hall–Kier alpha value is -2.48. The van der Waals surface area contributed by atoms with E-state index in [9.17, 15) is 0 Å². The van der Waals surface area contributed by atoms with Gasteiger partial charge in [-0.15, -0.1) is 68.6 Å². The van der Waals surface area contributed by atoms with Gasteiger partial charge in [-0.1, -0.05) is 123 Å². The third-order valence-electron chi connectivity index (χ3n) is 7.93. The zero-order chi connectivity index (χ0) is 31.3. The van der Waals surface area contributed by atoms with Gasteiger partial charge in [0.15, 0.2) is 0 Å². The van der Waals surface area contributed by atoms with E-state index in [-0.39, 0.29) is 0 Å². The van der Waals surface area contributed by atoms with Crippen LogP contribution >= 0.6 is 17.0 Å². The molecule has 7 rings (SSSR count). The van der Waals surface area contributed by atoms with Gasteiger partial charge in [0.05, 0.1) is 0 Å². The SMILES string of the molecule is C1=CCC(c2cc3c(-c4ccccc4)cccc3[cH-]2)CC1.C[Si]C.Cc1cc2c(-c3ccccc3)ccc(C)c2[cH-]1.[Cl][Zr+2][Cl]. The summed E-state index contributed by atoms with van der Waals surface area (Å²) in [5, 5.41) is 5.52. The van der Waals surface area contributed by atoms with Crippen LogP contribution in [0.5, 0.6) is 0 Å². The van der Waals surface area contributed by atoms with Gasteiger partial charge in [-0.2, -0.15) is 12.1 Å². The van der Waals surface area contributed by atoms with Gasteiger partial charge < -0.3 is 0 Å². The van der Waals surface area contributed by atoms with Gasteiger partial charge in [-0.25, -0.2) is 0 Å². The van der Waals surface area contributed by atoms with E-state index in [4.69, 9.17) is 17.0 Å². The number of rotatable bonds is 3. The van der Waals surface area contributed by atoms with E-state index in [0.29, 0.717) is 5.92 Å². The van der Waals surface area contributed by atoms with E-state index in [1.807, 2.05) is 0 Å². The molecule has 0 nitrogen and oxygen atoms in total. The molecule has 4 heteroatoms. The van der Waals surface area contributed by atoms with Crippen molar-refractivity contribution in [2.75, 3.05) is 0 Å². The summed E-state index contributed by atoms with van der Waals surface area (Å²) in [6, 6.07) is 41.8. The number of hydrogen-bond acceptors (Lipinski definition) is 0. The summed E-state index contributed by atoms with van der Waals surface area (Å²) >= 11 is -0.826. The summed E-state index contributed by atoms with van der Waals surface area (Å²) in [5.74, 6) is 0.700. The minimum absolute atomic E-state index is 0.700. The van der Waals surface area contributed by atoms with Gasteiger partial charge in [0.25, 0.3) is 0 Å². The molecule has 0 amide bonds. The fourth-order valence-corrected chi connectivity index (χ4v) is 5.92. The van der Waals surface area contributed by atoms with Crippen molar-refractivity contribution >= 4 is 48.1 Å². The molecule has 2 radical (unpaired) electrons. The molecule has 0 N–H and O–H groups in total. The molecule has 1 aliphatic rings. The number of fused-ring (bicyclic) bond motifs is 2. The standard InChI is InChI=1S/C21H19.C17H15.C2H6Si.2ClH.Zr/c1-3-8-16(9-4-1)19-14-18-12-7-13-20(21(18)15-19)17-10-5-2-6-11-17;1-12-10-16-13(2)8-9-15(17(16)11-12)14-6-4-3-5-7-14;1-3-2;;;/h1-3,5-7,10-16H,4,8-9H2;3-11H,1-2H3;1-2H3;2*1H;/q2*-1;;;;+4/p-2. The van der Waals surface area contributed by atoms with Gasteiger partial charge in [-0.3, -0.25) is 0 Å². The second kappa shape index (κ2) is 17.9. The summed E-state index contributed by atoms with van der Waals surface area (Å²) in [6.45, 7) is 8.64. The Morgan fingerprint density at radius 2 is 1.32 bits per heavy atom. The quantitative estimate of drug-likeness (QED) is 0.0974. The Balaban J connectivity index is 0.000000173. The molecule has 0 saturated heterocycles. The summed E-state index contributed by atoms with van der Waals surface area (Å²) in [4.78, 5) is 0. The fourth-order valence-electron chi connectivity index (χ4n) is 5.92. The summed E-state index contributed by atoms with van der Waals surface area (Å²) in [6.07, 6.45) is 8.35. The van der Waals surface area contributed by atoms with Gasteiger partial charge >= 0.3 is 37.9 Å². The number of aryl methyl sites for hydroxylation is 2. The maximum absolute atomic E-state index is 4.93. The summed E-state index contributed by atoms with van der Waals surface area (Å²) < 4.78 is 0. The Kier molecular flexibility index (Phi) is 14.0. The normalized spacial score (nSPS) is 13.5. The Morgan fingerprint density at radius 1 is 0.705 bits per heavy atom. The van der Waals surface area contributed by atoms with E-state index in [0.717, 1.165) is 9.52 Å². The summed E-state index contributed by atoms with van der Waals surface area (Å²) in [5.41, 5.74) is 9.49. The van der Waals surface area contributed by atoms with Crippen molar-refractivity contribution in [1.82, 2.24) is 0 Å². The molecule has 0 spiro atoms. The molecule has 1 unspecified atom stereocenters. The third-order valence-corrected chi connectivity index (χ3v) is 7.93. The van der Waals surface area contributed by atoms with E-state index in [2.05, 4.69) is 154 Å². The van der Waals surface area contributed by atoms with Crippen LogP contribution in [0, 0.1) is 13.8 Å². The minimum atomic E-state index is -0.826. The van der Waals surface area contributed by atoms with Crippen LogP contribution in [0.4, 0.5) is 0 Å². The first-order valence-corrected chi connectivity index (χ1v) is 23.5. The van der Waals surface area contributed by atoms with Crippen molar-refractivity contribution in [3.8, 4) is 22.3 Å². The molecule has 0 saturated carbocycles. The number of halogens is 2. The molecular formula is C40H40Cl2SiZr. The fraction of sp³-hybridized carbons (Fsp3) is 0.200. The van der Waals surface area contributed by atoms with E-state index in [1.54, 1.807) is 0 Å². The topological polar surface area (TPSA) is 0 Å². The van der Waals surface area contributed by atoms with Crippen LogP contribution in [0.3, 0.4) is 0 Å². The van der Waals surface area contributed by atoms with Crippen molar-refractivity contribution < 1.29 is 20.8 Å². The van der Waals surface area contributed by atoms with E-state index >= 15 is 0 Å². The maximum atomic E-state index is 4.93. The molecule has 0 aliphatic heterocycles. The van der Waals surface area contributed by atoms with Crippen LogP contribution in [0.2, 0.25) is 13.1 Å². The van der Waals surface area contributed by atoms with Gasteiger partial charge in [-0.05, 0) is 36.3 Å². The van der Waals surface area contributed by atoms with Crippen LogP contribution in [-0.4, -0.2) is 9.52 Å². The average molecular weight is 711 g/mol. The predicted octanol–water partition coefficient (Wildman–Crippen LogP) is 13.1. The average Bonchev–Trinajstić information content (AvgIpc) is 3.68. The van der Waals surface area contributed by atoms with Crippen molar-refractivity contribution in [3.05, 3.63) is 144 Å². The zero-order valence-electron chi connectivity index (χ0n) is 26.1. The molecule has 222 valence electrons. The zero-order valence-corrected chi connectivity index (χ0v) is 31.0. The summed E-state index contributed by atoms with van der Waals surface area (Å²) in [7, 11) is 11.0. The molecule has 0 fully saturated rings. The Morgan fingerprint density at radius 3 is 1.91 bits per heavy atom. The van der Waals surface area contributed by atoms with Gasteiger partial charge in [0.1, 0.15) is 0 Å². The second-order valence-corrected chi connectivity index (χ2v) is 15.9. The molecule has 1 atom stereocenters. The Labute approximate surface area is 285 Å². The van der Waals surface area contributed by atoms with Crippen molar-refractivity contribution in [2.24, 2.45) is 0 Å².